The first-order chi connectivity index (χ1) is 17.9. The molecule has 1 aliphatic rings. The van der Waals surface area contributed by atoms with Gasteiger partial charge in [-0.25, -0.2) is 4.79 Å². The number of ether oxygens (including phenoxy) is 1. The predicted molar refractivity (Wildman–Crippen MR) is 145 cm³/mol. The van der Waals surface area contributed by atoms with Crippen LogP contribution in [0.2, 0.25) is 5.02 Å². The third kappa shape index (κ3) is 7.47. The van der Waals surface area contributed by atoms with Crippen molar-refractivity contribution in [3.8, 4) is 0 Å². The Hall–Kier alpha value is -3.59. The summed E-state index contributed by atoms with van der Waals surface area (Å²) in [4.78, 5) is 53.9. The minimum absolute atomic E-state index is 0.276. The highest BCUT2D eigenvalue weighted by Gasteiger charge is 2.42. The van der Waals surface area contributed by atoms with E-state index in [1.54, 1.807) is 57.2 Å². The van der Waals surface area contributed by atoms with Gasteiger partial charge in [-0.2, -0.15) is 0 Å². The number of benzene rings is 2. The molecular weight excluding hydrogens is 508 g/mol. The number of anilines is 1. The molecule has 9 nitrogen and oxygen atoms in total. The number of para-hydroxylation sites is 1. The summed E-state index contributed by atoms with van der Waals surface area (Å²) in [6.45, 7) is 6.88. The highest BCUT2D eigenvalue weighted by Crippen LogP contribution is 2.35. The summed E-state index contributed by atoms with van der Waals surface area (Å²) in [7, 11) is 0. The first kappa shape index (κ1) is 29.0. The van der Waals surface area contributed by atoms with Gasteiger partial charge in [-0.3, -0.25) is 14.4 Å². The van der Waals surface area contributed by atoms with Crippen molar-refractivity contribution in [2.45, 2.75) is 77.1 Å². The van der Waals surface area contributed by atoms with Crippen LogP contribution in [0.25, 0.3) is 0 Å². The second-order valence-corrected chi connectivity index (χ2v) is 10.8. The highest BCUT2D eigenvalue weighted by molar-refractivity contribution is 6.34. The molecule has 4 amide bonds. The Morgan fingerprint density at radius 2 is 1.74 bits per heavy atom. The van der Waals surface area contributed by atoms with E-state index in [0.29, 0.717) is 29.1 Å². The summed E-state index contributed by atoms with van der Waals surface area (Å²) >= 11 is 6.38. The van der Waals surface area contributed by atoms with Crippen LogP contribution >= 0.6 is 11.6 Å². The Labute approximate surface area is 228 Å². The molecule has 2 aromatic rings. The standard InChI is InChI=1S/C28H35ClN4O5/c1-17-10-8-15-20(29)23(17)32-25(35)24(18-11-6-5-7-12-18)33(19-13-9-14-19)26(36)21(16-22(30)34)31-27(37)38-28(2,3)4/h5-8,10-12,15,19,21,24H,9,13-14,16H2,1-4H3,(H2,30,34)(H,31,37)(H,32,35). The molecule has 0 spiro atoms. The van der Waals surface area contributed by atoms with Gasteiger partial charge in [-0.1, -0.05) is 54.1 Å². The van der Waals surface area contributed by atoms with Gasteiger partial charge in [-0.15, -0.1) is 0 Å². The number of nitrogens with one attached hydrogen (secondary N) is 2. The van der Waals surface area contributed by atoms with Gasteiger partial charge in [0.25, 0.3) is 5.91 Å². The number of aryl methyl sites for hydroxylation is 1. The van der Waals surface area contributed by atoms with Crippen LogP contribution in [0, 0.1) is 6.92 Å². The lowest BCUT2D eigenvalue weighted by atomic mass is 9.88. The molecule has 204 valence electrons. The van der Waals surface area contributed by atoms with E-state index in [9.17, 15) is 19.2 Å². The van der Waals surface area contributed by atoms with Crippen molar-refractivity contribution in [1.82, 2.24) is 10.2 Å². The van der Waals surface area contributed by atoms with Crippen molar-refractivity contribution in [2.75, 3.05) is 5.32 Å². The lowest BCUT2D eigenvalue weighted by Gasteiger charge is -2.43. The predicted octanol–water partition coefficient (Wildman–Crippen LogP) is 4.48. The number of hydrogen-bond acceptors (Lipinski definition) is 5. The summed E-state index contributed by atoms with van der Waals surface area (Å²) < 4.78 is 5.31. The van der Waals surface area contributed by atoms with Crippen molar-refractivity contribution >= 4 is 41.1 Å². The molecule has 2 aromatic carbocycles. The summed E-state index contributed by atoms with van der Waals surface area (Å²) in [5.41, 5.74) is 6.40. The lowest BCUT2D eigenvalue weighted by molar-refractivity contribution is -0.146. The van der Waals surface area contributed by atoms with Gasteiger partial charge in [0.1, 0.15) is 17.7 Å². The molecule has 1 aliphatic carbocycles. The summed E-state index contributed by atoms with van der Waals surface area (Å²) in [6, 6.07) is 11.5. The third-order valence-electron chi connectivity index (χ3n) is 6.23. The smallest absolute Gasteiger partial charge is 0.408 e. The lowest BCUT2D eigenvalue weighted by Crippen LogP contribution is -2.57. The van der Waals surface area contributed by atoms with Crippen LogP contribution in [0.15, 0.2) is 48.5 Å². The van der Waals surface area contributed by atoms with Crippen LogP contribution in [0.1, 0.15) is 63.6 Å². The zero-order chi connectivity index (χ0) is 28.0. The molecule has 1 fully saturated rings. The number of primary amides is 1. The molecule has 0 radical (unpaired) electrons. The number of nitrogens with two attached hydrogens (primary N) is 1. The van der Waals surface area contributed by atoms with E-state index in [1.165, 1.54) is 4.90 Å². The second kappa shape index (κ2) is 12.3. The maximum atomic E-state index is 14.1. The fraction of sp³-hybridized carbons (Fsp3) is 0.429. The number of nitrogens with zero attached hydrogens (tertiary/aromatic N) is 1. The molecule has 4 N–H and O–H groups in total. The topological polar surface area (TPSA) is 131 Å². The van der Waals surface area contributed by atoms with Crippen molar-refractivity contribution < 1.29 is 23.9 Å². The number of rotatable bonds is 9. The van der Waals surface area contributed by atoms with Gasteiger partial charge < -0.3 is 26.0 Å². The quantitative estimate of drug-likeness (QED) is 0.430. The van der Waals surface area contributed by atoms with Crippen molar-refractivity contribution in [1.29, 1.82) is 0 Å². The Morgan fingerprint density at radius 1 is 1.08 bits per heavy atom. The van der Waals surface area contributed by atoms with Gasteiger partial charge in [0.05, 0.1) is 17.1 Å². The number of hydrogen-bond donors (Lipinski definition) is 3. The SMILES string of the molecule is Cc1cccc(Cl)c1NC(=O)C(c1ccccc1)N(C(=O)C(CC(N)=O)NC(=O)OC(C)(C)C)C1CCC1. The molecular formula is C28H35ClN4O5. The number of carbonyl (C=O) groups is 4. The zero-order valence-electron chi connectivity index (χ0n) is 22.1. The maximum absolute atomic E-state index is 14.1. The van der Waals surface area contributed by atoms with Crippen LogP contribution in [-0.4, -0.2) is 46.4 Å². The first-order valence-corrected chi connectivity index (χ1v) is 13.0. The van der Waals surface area contributed by atoms with Gasteiger partial charge in [-0.05, 0) is 64.2 Å². The molecule has 0 aliphatic heterocycles. The molecule has 10 heteroatoms. The van der Waals surface area contributed by atoms with Crippen molar-refractivity contribution in [3.05, 3.63) is 64.7 Å². The monoisotopic (exact) mass is 542 g/mol. The Kier molecular flexibility index (Phi) is 9.38. The Bertz CT molecular complexity index is 1160. The summed E-state index contributed by atoms with van der Waals surface area (Å²) in [5.74, 6) is -1.85. The van der Waals surface area contributed by atoms with Gasteiger partial charge in [0, 0.05) is 6.04 Å². The Balaban J connectivity index is 2.02. The molecule has 3 rings (SSSR count). The van der Waals surface area contributed by atoms with E-state index in [0.717, 1.165) is 12.0 Å². The molecule has 1 saturated carbocycles. The van der Waals surface area contributed by atoms with Gasteiger partial charge >= 0.3 is 6.09 Å². The van der Waals surface area contributed by atoms with E-state index < -0.39 is 47.9 Å². The minimum Gasteiger partial charge on any atom is -0.444 e. The highest BCUT2D eigenvalue weighted by atomic mass is 35.5. The molecule has 0 aromatic heterocycles. The number of alkyl carbamates (subject to hydrolysis) is 1. The minimum atomic E-state index is -1.32. The molecule has 0 heterocycles. The summed E-state index contributed by atoms with van der Waals surface area (Å²) in [6.07, 6.45) is 0.903. The van der Waals surface area contributed by atoms with Gasteiger partial charge in [0.15, 0.2) is 0 Å². The van der Waals surface area contributed by atoms with E-state index in [4.69, 9.17) is 22.1 Å². The van der Waals surface area contributed by atoms with E-state index in [-0.39, 0.29) is 6.04 Å². The largest absolute Gasteiger partial charge is 0.444 e. The number of carbonyl (C=O) groups excluding carboxylic acids is 4. The molecule has 38 heavy (non-hydrogen) atoms. The molecule has 0 saturated heterocycles. The Morgan fingerprint density at radius 3 is 2.26 bits per heavy atom. The van der Waals surface area contributed by atoms with Crippen molar-refractivity contribution in [2.24, 2.45) is 5.73 Å². The van der Waals surface area contributed by atoms with Crippen LogP contribution in [0.4, 0.5) is 10.5 Å². The van der Waals surface area contributed by atoms with Gasteiger partial charge in [0.2, 0.25) is 11.8 Å². The van der Waals surface area contributed by atoms with Crippen LogP contribution in [0.5, 0.6) is 0 Å². The van der Waals surface area contributed by atoms with E-state index in [1.807, 2.05) is 19.1 Å². The first-order valence-electron chi connectivity index (χ1n) is 12.6. The molecule has 0 bridgehead atoms. The third-order valence-corrected chi connectivity index (χ3v) is 6.54. The number of amides is 4. The average Bonchev–Trinajstić information content (AvgIpc) is 2.78. The number of halogens is 1. The zero-order valence-corrected chi connectivity index (χ0v) is 22.9. The van der Waals surface area contributed by atoms with Crippen LogP contribution in [-0.2, 0) is 19.1 Å². The second-order valence-electron chi connectivity index (χ2n) is 10.4. The fourth-order valence-electron chi connectivity index (χ4n) is 4.27. The van der Waals surface area contributed by atoms with E-state index >= 15 is 0 Å². The van der Waals surface area contributed by atoms with E-state index in [2.05, 4.69) is 10.6 Å². The maximum Gasteiger partial charge on any atom is 0.408 e. The fourth-order valence-corrected chi connectivity index (χ4v) is 4.54. The van der Waals surface area contributed by atoms with Crippen molar-refractivity contribution in [3.63, 3.8) is 0 Å². The van der Waals surface area contributed by atoms with Crippen LogP contribution in [0.3, 0.4) is 0 Å². The average molecular weight is 543 g/mol. The molecule has 2 atom stereocenters. The summed E-state index contributed by atoms with van der Waals surface area (Å²) in [5, 5.41) is 5.76. The van der Waals surface area contributed by atoms with Crippen LogP contribution < -0.4 is 16.4 Å². The normalized spacial score (nSPS) is 15.0. The molecule has 2 unspecified atom stereocenters.